The van der Waals surface area contributed by atoms with E-state index in [-0.39, 0.29) is 16.8 Å². The average molecular weight is 473 g/mol. The van der Waals surface area contributed by atoms with Gasteiger partial charge in [-0.2, -0.15) is 0 Å². The molecule has 0 N–H and O–H groups in total. The number of nitrogens with zero attached hydrogens (tertiary/aromatic N) is 2. The summed E-state index contributed by atoms with van der Waals surface area (Å²) in [4.78, 5) is 16.7. The van der Waals surface area contributed by atoms with E-state index in [9.17, 15) is 13.2 Å². The molecule has 0 spiro atoms. The molecule has 3 aromatic rings. The second-order valence-electron chi connectivity index (χ2n) is 7.73. The quantitative estimate of drug-likeness (QED) is 0.466. The predicted molar refractivity (Wildman–Crippen MR) is 128 cm³/mol. The van der Waals surface area contributed by atoms with Gasteiger partial charge in [-0.05, 0) is 60.3 Å². The van der Waals surface area contributed by atoms with Gasteiger partial charge in [0.2, 0.25) is 10.0 Å². The Labute approximate surface area is 194 Å². The van der Waals surface area contributed by atoms with Crippen LogP contribution in [0.2, 0.25) is 0 Å². The third-order valence-corrected chi connectivity index (χ3v) is 7.99. The van der Waals surface area contributed by atoms with E-state index < -0.39 is 10.0 Å². The first-order chi connectivity index (χ1) is 15.2. The van der Waals surface area contributed by atoms with Crippen molar-refractivity contribution in [1.82, 2.24) is 9.21 Å². The molecule has 0 aliphatic heterocycles. The maximum Gasteiger partial charge on any atom is 0.254 e. The van der Waals surface area contributed by atoms with Gasteiger partial charge in [-0.1, -0.05) is 18.2 Å². The van der Waals surface area contributed by atoms with E-state index in [1.807, 2.05) is 47.5 Å². The van der Waals surface area contributed by atoms with Gasteiger partial charge in [0.1, 0.15) is 5.75 Å². The molecular formula is C24H28N2O4S2. The summed E-state index contributed by atoms with van der Waals surface area (Å²) < 4.78 is 31.1. The van der Waals surface area contributed by atoms with Crippen molar-refractivity contribution in [2.75, 3.05) is 21.2 Å². The summed E-state index contributed by atoms with van der Waals surface area (Å²) in [5, 5.41) is 2.03. The summed E-state index contributed by atoms with van der Waals surface area (Å²) in [6.07, 6.45) is 0.743. The van der Waals surface area contributed by atoms with Crippen LogP contribution in [0, 0.1) is 0 Å². The molecule has 1 amide bonds. The molecular weight excluding hydrogens is 444 g/mol. The number of carbonyl (C=O) groups is 1. The molecule has 3 rings (SSSR count). The molecule has 0 saturated carbocycles. The average Bonchev–Trinajstić information content (AvgIpc) is 3.30. The SMILES string of the molecule is COc1ccc(CN(C(=O)c2ccc(S(=O)(=O)N(C)C)cc2)[C@H](C)Cc2cccs2)cc1. The van der Waals surface area contributed by atoms with Crippen molar-refractivity contribution >= 4 is 27.3 Å². The first-order valence-corrected chi connectivity index (χ1v) is 12.5. The van der Waals surface area contributed by atoms with E-state index in [0.717, 1.165) is 22.0 Å². The monoisotopic (exact) mass is 472 g/mol. The molecule has 2 aromatic carbocycles. The Balaban J connectivity index is 1.87. The predicted octanol–water partition coefficient (Wildman–Crippen LogP) is 4.28. The van der Waals surface area contributed by atoms with Gasteiger partial charge in [-0.3, -0.25) is 4.79 Å². The van der Waals surface area contributed by atoms with Crippen molar-refractivity contribution < 1.29 is 17.9 Å². The second-order valence-corrected chi connectivity index (χ2v) is 10.9. The van der Waals surface area contributed by atoms with E-state index in [4.69, 9.17) is 4.74 Å². The lowest BCUT2D eigenvalue weighted by molar-refractivity contribution is 0.0676. The van der Waals surface area contributed by atoms with Crippen LogP contribution in [0.1, 0.15) is 27.7 Å². The van der Waals surface area contributed by atoms with Crippen LogP contribution in [0.4, 0.5) is 0 Å². The Bertz CT molecular complexity index is 1120. The third-order valence-electron chi connectivity index (χ3n) is 5.26. The first kappa shape index (κ1) is 24.0. The summed E-state index contributed by atoms with van der Waals surface area (Å²) in [6, 6.07) is 17.8. The van der Waals surface area contributed by atoms with Crippen molar-refractivity contribution in [1.29, 1.82) is 0 Å². The molecule has 1 atom stereocenters. The van der Waals surface area contributed by atoms with E-state index in [1.54, 1.807) is 30.6 Å². The number of ether oxygens (including phenoxy) is 1. The number of amides is 1. The minimum Gasteiger partial charge on any atom is -0.497 e. The highest BCUT2D eigenvalue weighted by atomic mass is 32.2. The number of sulfonamides is 1. The molecule has 1 heterocycles. The van der Waals surface area contributed by atoms with E-state index in [0.29, 0.717) is 12.1 Å². The molecule has 1 aromatic heterocycles. The van der Waals surface area contributed by atoms with Gasteiger partial charge in [0.25, 0.3) is 5.91 Å². The first-order valence-electron chi connectivity index (χ1n) is 10.2. The zero-order valence-electron chi connectivity index (χ0n) is 18.7. The van der Waals surface area contributed by atoms with Crippen molar-refractivity contribution in [3.8, 4) is 5.75 Å². The molecule has 6 nitrogen and oxygen atoms in total. The third kappa shape index (κ3) is 5.56. The summed E-state index contributed by atoms with van der Waals surface area (Å²) in [5.41, 5.74) is 1.44. The van der Waals surface area contributed by atoms with Crippen LogP contribution in [0.3, 0.4) is 0 Å². The lowest BCUT2D eigenvalue weighted by Gasteiger charge is -2.29. The van der Waals surface area contributed by atoms with Crippen molar-refractivity contribution in [2.45, 2.75) is 30.8 Å². The van der Waals surface area contributed by atoms with Crippen LogP contribution >= 0.6 is 11.3 Å². The molecule has 0 radical (unpaired) electrons. The Morgan fingerprint density at radius 3 is 2.22 bits per heavy atom. The Hall–Kier alpha value is -2.68. The number of carbonyl (C=O) groups excluding carboxylic acids is 1. The fourth-order valence-corrected chi connectivity index (χ4v) is 5.06. The zero-order chi connectivity index (χ0) is 23.3. The molecule has 0 saturated heterocycles. The van der Waals surface area contributed by atoms with Crippen LogP contribution in [-0.2, 0) is 23.0 Å². The van der Waals surface area contributed by atoms with Crippen molar-refractivity contribution in [2.24, 2.45) is 0 Å². The number of hydrogen-bond acceptors (Lipinski definition) is 5. The fourth-order valence-electron chi connectivity index (χ4n) is 3.33. The van der Waals surface area contributed by atoms with Gasteiger partial charge in [0, 0.05) is 43.5 Å². The molecule has 8 heteroatoms. The summed E-state index contributed by atoms with van der Waals surface area (Å²) in [5.74, 6) is 0.620. The standard InChI is InChI=1S/C24H28N2O4S2/c1-18(16-22-6-5-15-31-22)26(17-19-7-11-21(30-4)12-8-19)24(27)20-9-13-23(14-10-20)32(28,29)25(2)3/h5-15,18H,16-17H2,1-4H3/t18-/m1/s1. The van der Waals surface area contributed by atoms with Crippen LogP contribution < -0.4 is 4.74 Å². The van der Waals surface area contributed by atoms with Gasteiger partial charge >= 0.3 is 0 Å². The molecule has 0 unspecified atom stereocenters. The van der Waals surface area contributed by atoms with E-state index >= 15 is 0 Å². The second kappa shape index (κ2) is 10.3. The summed E-state index contributed by atoms with van der Waals surface area (Å²) in [6.45, 7) is 2.47. The van der Waals surface area contributed by atoms with Gasteiger partial charge in [0.15, 0.2) is 0 Å². The van der Waals surface area contributed by atoms with Gasteiger partial charge in [-0.15, -0.1) is 11.3 Å². The minimum absolute atomic E-state index is 0.0477. The van der Waals surface area contributed by atoms with Crippen LogP contribution in [0.15, 0.2) is 70.9 Å². The van der Waals surface area contributed by atoms with Gasteiger partial charge in [0.05, 0.1) is 12.0 Å². The number of hydrogen-bond donors (Lipinski definition) is 0. The van der Waals surface area contributed by atoms with E-state index in [1.165, 1.54) is 31.1 Å². The van der Waals surface area contributed by atoms with Crippen LogP contribution in [0.25, 0.3) is 0 Å². The maximum absolute atomic E-state index is 13.5. The maximum atomic E-state index is 13.5. The van der Waals surface area contributed by atoms with Crippen molar-refractivity contribution in [3.05, 3.63) is 82.0 Å². The highest BCUT2D eigenvalue weighted by molar-refractivity contribution is 7.89. The topological polar surface area (TPSA) is 66.9 Å². The van der Waals surface area contributed by atoms with Gasteiger partial charge < -0.3 is 9.64 Å². The lowest BCUT2D eigenvalue weighted by atomic mass is 10.1. The molecule has 0 aliphatic rings. The van der Waals surface area contributed by atoms with Crippen molar-refractivity contribution in [3.63, 3.8) is 0 Å². The Morgan fingerprint density at radius 2 is 1.69 bits per heavy atom. The largest absolute Gasteiger partial charge is 0.497 e. The zero-order valence-corrected chi connectivity index (χ0v) is 20.3. The molecule has 0 bridgehead atoms. The number of benzene rings is 2. The highest BCUT2D eigenvalue weighted by Gasteiger charge is 2.24. The van der Waals surface area contributed by atoms with E-state index in [2.05, 4.69) is 6.07 Å². The lowest BCUT2D eigenvalue weighted by Crippen LogP contribution is -2.39. The number of rotatable bonds is 9. The van der Waals surface area contributed by atoms with Crippen LogP contribution in [0.5, 0.6) is 5.75 Å². The minimum atomic E-state index is -3.55. The molecule has 170 valence electrons. The smallest absolute Gasteiger partial charge is 0.254 e. The Morgan fingerprint density at radius 1 is 1.03 bits per heavy atom. The number of thiophene rings is 1. The molecule has 32 heavy (non-hydrogen) atoms. The van der Waals surface area contributed by atoms with Crippen LogP contribution in [-0.4, -0.2) is 50.8 Å². The Kier molecular flexibility index (Phi) is 7.71. The number of methoxy groups -OCH3 is 1. The molecule has 0 aliphatic carbocycles. The normalized spacial score (nSPS) is 12.5. The fraction of sp³-hybridized carbons (Fsp3) is 0.292. The summed E-state index contributed by atoms with van der Waals surface area (Å²) >= 11 is 1.67. The summed E-state index contributed by atoms with van der Waals surface area (Å²) in [7, 11) is 1.04. The molecule has 0 fully saturated rings. The highest BCUT2D eigenvalue weighted by Crippen LogP contribution is 2.21. The van der Waals surface area contributed by atoms with Gasteiger partial charge in [-0.25, -0.2) is 12.7 Å².